The minimum Gasteiger partial charge on any atom is -0.423 e. The lowest BCUT2D eigenvalue weighted by molar-refractivity contribution is 0.559. The second-order valence-corrected chi connectivity index (χ2v) is 5.98. The van der Waals surface area contributed by atoms with Gasteiger partial charge in [0, 0.05) is 17.2 Å². The van der Waals surface area contributed by atoms with E-state index >= 15 is 0 Å². The van der Waals surface area contributed by atoms with Crippen LogP contribution in [0.5, 0.6) is 0 Å². The lowest BCUT2D eigenvalue weighted by atomic mass is 10.1. The van der Waals surface area contributed by atoms with E-state index in [0.29, 0.717) is 18.0 Å². The van der Waals surface area contributed by atoms with Gasteiger partial charge in [0.15, 0.2) is 0 Å². The molecule has 0 spiro atoms. The largest absolute Gasteiger partial charge is 0.423 e. The molecule has 1 aromatic heterocycles. The number of hydrogen-bond acceptors (Lipinski definition) is 4. The van der Waals surface area contributed by atoms with Crippen molar-refractivity contribution in [1.29, 1.82) is 0 Å². The van der Waals surface area contributed by atoms with Crippen LogP contribution < -0.4 is 11.4 Å². The third kappa shape index (κ3) is 3.61. The lowest BCUT2D eigenvalue weighted by Crippen LogP contribution is -2.12. The number of thioether (sulfide) groups is 1. The van der Waals surface area contributed by atoms with Gasteiger partial charge in [0.25, 0.3) is 0 Å². The predicted molar refractivity (Wildman–Crippen MR) is 81.6 cm³/mol. The normalized spacial score (nSPS) is 12.8. The molecular formula is C15H19NO2S. The van der Waals surface area contributed by atoms with Crippen molar-refractivity contribution in [1.82, 2.24) is 0 Å². The van der Waals surface area contributed by atoms with Crippen LogP contribution in [0.1, 0.15) is 18.1 Å². The molecule has 2 N–H and O–H groups in total. The Labute approximate surface area is 117 Å². The standard InChI is InChI=1S/C15H19NO2S/c1-10-3-4-13-12(9-19-8-11(2)7-16)6-15(17)18-14(13)5-10/h3-6,11H,7-9,16H2,1-2H3. The van der Waals surface area contributed by atoms with E-state index in [1.807, 2.05) is 25.1 Å². The van der Waals surface area contributed by atoms with Crippen molar-refractivity contribution in [2.24, 2.45) is 11.7 Å². The molecule has 0 saturated heterocycles. The van der Waals surface area contributed by atoms with Gasteiger partial charge in [-0.15, -0.1) is 0 Å². The molecule has 19 heavy (non-hydrogen) atoms. The topological polar surface area (TPSA) is 56.2 Å². The van der Waals surface area contributed by atoms with Crippen LogP contribution in [0.2, 0.25) is 0 Å². The molecule has 0 fully saturated rings. The van der Waals surface area contributed by atoms with Crippen molar-refractivity contribution in [3.63, 3.8) is 0 Å². The number of fused-ring (bicyclic) bond motifs is 1. The van der Waals surface area contributed by atoms with Gasteiger partial charge in [-0.2, -0.15) is 11.8 Å². The van der Waals surface area contributed by atoms with E-state index in [9.17, 15) is 4.79 Å². The van der Waals surface area contributed by atoms with Crippen LogP contribution in [0.3, 0.4) is 0 Å². The first-order valence-corrected chi connectivity index (χ1v) is 7.57. The van der Waals surface area contributed by atoms with E-state index in [2.05, 4.69) is 6.92 Å². The molecule has 2 rings (SSSR count). The van der Waals surface area contributed by atoms with Gasteiger partial charge in [0.1, 0.15) is 5.58 Å². The molecule has 4 heteroatoms. The van der Waals surface area contributed by atoms with Gasteiger partial charge in [-0.1, -0.05) is 19.1 Å². The highest BCUT2D eigenvalue weighted by Crippen LogP contribution is 2.23. The summed E-state index contributed by atoms with van der Waals surface area (Å²) in [4.78, 5) is 11.6. The molecule has 0 radical (unpaired) electrons. The van der Waals surface area contributed by atoms with E-state index in [1.54, 1.807) is 17.8 Å². The second kappa shape index (κ2) is 6.26. The Morgan fingerprint density at radius 3 is 2.89 bits per heavy atom. The Morgan fingerprint density at radius 1 is 1.37 bits per heavy atom. The van der Waals surface area contributed by atoms with Crippen molar-refractivity contribution in [2.75, 3.05) is 12.3 Å². The average Bonchev–Trinajstić information content (AvgIpc) is 2.37. The smallest absolute Gasteiger partial charge is 0.336 e. The number of aryl methyl sites for hydroxylation is 1. The van der Waals surface area contributed by atoms with Gasteiger partial charge < -0.3 is 10.2 Å². The fraction of sp³-hybridized carbons (Fsp3) is 0.400. The molecule has 1 atom stereocenters. The molecule has 0 saturated carbocycles. The molecular weight excluding hydrogens is 258 g/mol. The summed E-state index contributed by atoms with van der Waals surface area (Å²) in [5.41, 5.74) is 8.14. The number of rotatable bonds is 5. The second-order valence-electron chi connectivity index (χ2n) is 4.95. The van der Waals surface area contributed by atoms with Gasteiger partial charge in [-0.3, -0.25) is 0 Å². The highest BCUT2D eigenvalue weighted by molar-refractivity contribution is 7.98. The minimum atomic E-state index is -0.277. The minimum absolute atomic E-state index is 0.277. The highest BCUT2D eigenvalue weighted by atomic mass is 32.2. The fourth-order valence-electron chi connectivity index (χ4n) is 1.89. The molecule has 1 unspecified atom stereocenters. The van der Waals surface area contributed by atoms with Crippen LogP contribution in [-0.4, -0.2) is 12.3 Å². The zero-order chi connectivity index (χ0) is 13.8. The van der Waals surface area contributed by atoms with Crippen LogP contribution in [0.4, 0.5) is 0 Å². The van der Waals surface area contributed by atoms with Crippen molar-refractivity contribution in [3.05, 3.63) is 45.8 Å². The third-order valence-electron chi connectivity index (χ3n) is 3.05. The van der Waals surface area contributed by atoms with E-state index in [4.69, 9.17) is 10.2 Å². The van der Waals surface area contributed by atoms with Crippen LogP contribution >= 0.6 is 11.8 Å². The van der Waals surface area contributed by atoms with E-state index in [0.717, 1.165) is 28.0 Å². The zero-order valence-electron chi connectivity index (χ0n) is 11.3. The third-order valence-corrected chi connectivity index (χ3v) is 4.37. The molecule has 1 aromatic carbocycles. The number of hydrogen-bond donors (Lipinski definition) is 1. The monoisotopic (exact) mass is 277 g/mol. The van der Waals surface area contributed by atoms with Crippen LogP contribution in [-0.2, 0) is 5.75 Å². The number of benzene rings is 1. The van der Waals surface area contributed by atoms with Crippen molar-refractivity contribution in [3.8, 4) is 0 Å². The SMILES string of the molecule is Cc1ccc2c(CSCC(C)CN)cc(=O)oc2c1. The van der Waals surface area contributed by atoms with Gasteiger partial charge in [-0.05, 0) is 42.3 Å². The van der Waals surface area contributed by atoms with E-state index in [1.165, 1.54) is 0 Å². The maximum Gasteiger partial charge on any atom is 0.336 e. The van der Waals surface area contributed by atoms with Crippen molar-refractivity contribution < 1.29 is 4.42 Å². The summed E-state index contributed by atoms with van der Waals surface area (Å²) in [6, 6.07) is 7.57. The van der Waals surface area contributed by atoms with Crippen molar-refractivity contribution in [2.45, 2.75) is 19.6 Å². The summed E-state index contributed by atoms with van der Waals surface area (Å²) in [7, 11) is 0. The molecule has 1 heterocycles. The van der Waals surface area contributed by atoms with Gasteiger partial charge in [0.05, 0.1) is 0 Å². The Hall–Kier alpha value is -1.26. The Kier molecular flexibility index (Phi) is 4.66. The molecule has 2 aromatic rings. The Bertz CT molecular complexity index is 621. The summed E-state index contributed by atoms with van der Waals surface area (Å²) in [5.74, 6) is 2.32. The summed E-state index contributed by atoms with van der Waals surface area (Å²) in [5, 5.41) is 1.03. The maximum absolute atomic E-state index is 11.6. The lowest BCUT2D eigenvalue weighted by Gasteiger charge is -2.09. The van der Waals surface area contributed by atoms with Crippen LogP contribution in [0.25, 0.3) is 11.0 Å². The van der Waals surface area contributed by atoms with E-state index < -0.39 is 0 Å². The van der Waals surface area contributed by atoms with Crippen LogP contribution in [0.15, 0.2) is 33.5 Å². The van der Waals surface area contributed by atoms with Crippen molar-refractivity contribution >= 4 is 22.7 Å². The first-order valence-electron chi connectivity index (χ1n) is 6.41. The molecule has 0 aliphatic rings. The first-order chi connectivity index (χ1) is 9.10. The summed E-state index contributed by atoms with van der Waals surface area (Å²) in [6.45, 7) is 4.82. The van der Waals surface area contributed by atoms with Crippen LogP contribution in [0, 0.1) is 12.8 Å². The summed E-state index contributed by atoms with van der Waals surface area (Å²) < 4.78 is 5.25. The Balaban J connectivity index is 2.24. The first kappa shape index (κ1) is 14.2. The Morgan fingerprint density at radius 2 is 2.16 bits per heavy atom. The molecule has 102 valence electrons. The highest BCUT2D eigenvalue weighted by Gasteiger charge is 2.07. The molecule has 0 aliphatic heterocycles. The van der Waals surface area contributed by atoms with Gasteiger partial charge in [-0.25, -0.2) is 4.79 Å². The quantitative estimate of drug-likeness (QED) is 0.854. The predicted octanol–water partition coefficient (Wildman–Crippen LogP) is 2.93. The average molecular weight is 277 g/mol. The summed E-state index contributed by atoms with van der Waals surface area (Å²) in [6.07, 6.45) is 0. The zero-order valence-corrected chi connectivity index (χ0v) is 12.1. The molecule has 0 aliphatic carbocycles. The number of nitrogens with two attached hydrogens (primary N) is 1. The maximum atomic E-state index is 11.6. The molecule has 0 amide bonds. The fourth-order valence-corrected chi connectivity index (χ4v) is 3.01. The van der Waals surface area contributed by atoms with Gasteiger partial charge in [0.2, 0.25) is 0 Å². The van der Waals surface area contributed by atoms with E-state index in [-0.39, 0.29) is 5.63 Å². The molecule has 3 nitrogen and oxygen atoms in total. The van der Waals surface area contributed by atoms with Gasteiger partial charge >= 0.3 is 5.63 Å². The molecule has 0 bridgehead atoms. The summed E-state index contributed by atoms with van der Waals surface area (Å²) >= 11 is 1.81.